The van der Waals surface area contributed by atoms with E-state index in [1.165, 1.54) is 23.6 Å². The minimum absolute atomic E-state index is 0.0323. The van der Waals surface area contributed by atoms with Gasteiger partial charge in [0.15, 0.2) is 0 Å². The molecule has 9 nitrogen and oxygen atoms in total. The SMILES string of the molecule is [2H]OC[C@H]1O[C@@H](n2cc(C)c(=O)[nH]c2=O)CC1OP(OCc1ccc2ccccc2c1)N(C(C)C)C(C)C.[3H]C. The van der Waals surface area contributed by atoms with E-state index in [0.717, 1.165) is 10.9 Å². The fourth-order valence-electron chi connectivity index (χ4n) is 4.63. The first-order valence-electron chi connectivity index (χ1n) is 14.0. The normalized spacial score (nSPS) is 20.9. The number of aliphatic hydroxyl groups excluding tert-OH is 1. The Hall–Kier alpha value is -2.39. The molecule has 1 aromatic heterocycles. The quantitative estimate of drug-likeness (QED) is 0.330. The van der Waals surface area contributed by atoms with Gasteiger partial charge in [0.05, 0.1) is 19.3 Å². The predicted octanol–water partition coefficient (Wildman–Crippen LogP) is 4.86. The molecule has 10 heteroatoms. The van der Waals surface area contributed by atoms with Crippen LogP contribution in [0.2, 0.25) is 0 Å². The third-order valence-corrected chi connectivity index (χ3v) is 8.53. The smallest absolute Gasteiger partial charge is 0.330 e. The van der Waals surface area contributed by atoms with E-state index in [9.17, 15) is 9.59 Å². The number of ether oxygens (including phenoxy) is 1. The van der Waals surface area contributed by atoms with Crippen molar-refractivity contribution in [1.29, 1.82) is 1.43 Å². The van der Waals surface area contributed by atoms with Crippen molar-refractivity contribution in [2.24, 2.45) is 0 Å². The number of rotatable bonds is 11. The Kier molecular flexibility index (Phi) is 9.38. The topological polar surface area (TPSA) is 106 Å². The molecule has 1 saturated heterocycles. The van der Waals surface area contributed by atoms with Crippen LogP contribution in [0.3, 0.4) is 0 Å². The number of aryl methyl sites for hydroxylation is 1. The van der Waals surface area contributed by atoms with E-state index in [2.05, 4.69) is 72.8 Å². The van der Waals surface area contributed by atoms with Crippen LogP contribution in [0.4, 0.5) is 0 Å². The summed E-state index contributed by atoms with van der Waals surface area (Å²) in [6.45, 7) is 10.3. The molecule has 1 fully saturated rings. The van der Waals surface area contributed by atoms with Crippen molar-refractivity contribution >= 4 is 19.3 Å². The largest absolute Gasteiger partial charge is 0.394 e. The Morgan fingerprint density at radius 3 is 2.63 bits per heavy atom. The monoisotopic (exact) mass is 548 g/mol. The first kappa shape index (κ1) is 27.2. The number of benzene rings is 2. The number of aromatic amines is 1. The molecular formula is C28H40N3O6P. The minimum atomic E-state index is -1.53. The molecule has 208 valence electrons. The van der Waals surface area contributed by atoms with Gasteiger partial charge >= 0.3 is 5.69 Å². The van der Waals surface area contributed by atoms with Gasteiger partial charge in [-0.2, -0.15) is 0 Å². The maximum atomic E-state index is 12.5. The molecule has 0 saturated carbocycles. The lowest BCUT2D eigenvalue weighted by atomic mass is 10.1. The van der Waals surface area contributed by atoms with Crippen molar-refractivity contribution in [2.75, 3.05) is 6.61 Å². The molecule has 2 heterocycles. The Morgan fingerprint density at radius 1 is 1.24 bits per heavy atom. The molecule has 3 aromatic rings. The zero-order valence-corrected chi connectivity index (χ0v) is 23.8. The maximum absolute atomic E-state index is 12.5. The molecule has 0 radical (unpaired) electrons. The van der Waals surface area contributed by atoms with Crippen LogP contribution in [-0.2, 0) is 20.4 Å². The summed E-state index contributed by atoms with van der Waals surface area (Å²) >= 11 is 0. The summed E-state index contributed by atoms with van der Waals surface area (Å²) in [7, 11) is -0.284. The maximum Gasteiger partial charge on any atom is 0.330 e. The highest BCUT2D eigenvalue weighted by atomic mass is 31.2. The van der Waals surface area contributed by atoms with Gasteiger partial charge in [0.25, 0.3) is 14.1 Å². The molecule has 1 aliphatic heterocycles. The number of hydrogen-bond acceptors (Lipinski definition) is 7. The summed E-state index contributed by atoms with van der Waals surface area (Å²) < 4.78 is 35.8. The average molecular weight is 549 g/mol. The van der Waals surface area contributed by atoms with Crippen LogP contribution in [0.1, 0.15) is 60.2 Å². The first-order chi connectivity index (χ1) is 19.2. The zero-order chi connectivity index (χ0) is 29.4. The van der Waals surface area contributed by atoms with Gasteiger partial charge in [0, 0.05) is 31.6 Å². The highest BCUT2D eigenvalue weighted by Gasteiger charge is 2.41. The second kappa shape index (κ2) is 13.1. The van der Waals surface area contributed by atoms with Crippen LogP contribution in [-0.4, -0.2) is 51.7 Å². The summed E-state index contributed by atoms with van der Waals surface area (Å²) in [5, 5.41) is 6.98. The van der Waals surface area contributed by atoms with Crippen molar-refractivity contribution in [1.82, 2.24) is 14.2 Å². The number of H-pyrrole nitrogens is 1. The molecule has 0 aliphatic carbocycles. The van der Waals surface area contributed by atoms with Crippen LogP contribution in [0, 0.1) is 6.92 Å². The fourth-order valence-corrected chi connectivity index (χ4v) is 6.40. The second-order valence-electron chi connectivity index (χ2n) is 9.91. The van der Waals surface area contributed by atoms with Crippen LogP contribution in [0.15, 0.2) is 58.3 Å². The number of aliphatic hydroxyl groups is 1. The molecule has 4 atom stereocenters. The predicted molar refractivity (Wildman–Crippen MR) is 151 cm³/mol. The highest BCUT2D eigenvalue weighted by molar-refractivity contribution is 7.44. The van der Waals surface area contributed by atoms with E-state index in [1.54, 1.807) is 6.92 Å². The first-order valence-corrected chi connectivity index (χ1v) is 13.7. The molecule has 0 spiro atoms. The Bertz CT molecular complexity index is 1340. The molecule has 1 aliphatic rings. The van der Waals surface area contributed by atoms with Crippen molar-refractivity contribution in [3.63, 3.8) is 0 Å². The van der Waals surface area contributed by atoms with Gasteiger partial charge in [-0.25, -0.2) is 9.46 Å². The molecule has 4 rings (SSSR count). The molecule has 2 aromatic carbocycles. The van der Waals surface area contributed by atoms with Gasteiger partial charge in [-0.15, -0.1) is 0 Å². The van der Waals surface area contributed by atoms with Crippen LogP contribution < -0.4 is 11.2 Å². The lowest BCUT2D eigenvalue weighted by Crippen LogP contribution is -2.36. The number of fused-ring (bicyclic) bond motifs is 1. The van der Waals surface area contributed by atoms with Crippen molar-refractivity contribution in [2.45, 2.75) is 85.6 Å². The third-order valence-electron chi connectivity index (χ3n) is 6.43. The number of nitrogens with one attached hydrogen (secondary N) is 1. The Morgan fingerprint density at radius 2 is 1.95 bits per heavy atom. The van der Waals surface area contributed by atoms with Gasteiger partial charge < -0.3 is 18.9 Å². The zero-order valence-electron chi connectivity index (χ0n) is 24.9. The number of nitrogens with zero attached hydrogens (tertiary/aromatic N) is 2. The third kappa shape index (κ3) is 6.78. The van der Waals surface area contributed by atoms with Gasteiger partial charge in [-0.1, -0.05) is 43.8 Å². The number of aromatic nitrogens is 2. The summed E-state index contributed by atoms with van der Waals surface area (Å²) in [5.74, 6) is 0. The van der Waals surface area contributed by atoms with Gasteiger partial charge in [-0.3, -0.25) is 14.3 Å². The van der Waals surface area contributed by atoms with Crippen molar-refractivity contribution in [3.8, 4) is 0 Å². The Balaban J connectivity index is 0.00000216. The fraction of sp³-hybridized carbons (Fsp3) is 0.500. The van der Waals surface area contributed by atoms with Crippen molar-refractivity contribution in [3.05, 3.63) is 80.6 Å². The molecular weight excluding hydrogens is 505 g/mol. The lowest BCUT2D eigenvalue weighted by molar-refractivity contribution is -0.0441. The summed E-state index contributed by atoms with van der Waals surface area (Å²) in [6.07, 6.45) is 0.0635. The van der Waals surface area contributed by atoms with Crippen LogP contribution in [0.5, 0.6) is 0 Å². The van der Waals surface area contributed by atoms with E-state index in [0.29, 0.717) is 18.6 Å². The molecule has 0 amide bonds. The minimum Gasteiger partial charge on any atom is -0.394 e. The summed E-state index contributed by atoms with van der Waals surface area (Å²) in [6, 6.07) is 14.7. The van der Waals surface area contributed by atoms with Crippen molar-refractivity contribution < 1.29 is 20.3 Å². The molecule has 0 bridgehead atoms. The summed E-state index contributed by atoms with van der Waals surface area (Å²) in [4.78, 5) is 26.7. The van der Waals surface area contributed by atoms with Crippen LogP contribution in [0.25, 0.3) is 10.8 Å². The van der Waals surface area contributed by atoms with Gasteiger partial charge in [-0.05, 0) is 57.0 Å². The highest BCUT2D eigenvalue weighted by Crippen LogP contribution is 2.50. The number of hydrogen-bond donors (Lipinski definition) is 2. The van der Waals surface area contributed by atoms with E-state index < -0.39 is 38.2 Å². The molecule has 38 heavy (non-hydrogen) atoms. The molecule has 2 N–H and O–H groups in total. The van der Waals surface area contributed by atoms with E-state index in [-0.39, 0.29) is 18.7 Å². The average Bonchev–Trinajstić information content (AvgIpc) is 3.32. The summed E-state index contributed by atoms with van der Waals surface area (Å²) in [5.41, 5.74) is 0.447. The second-order valence-corrected chi connectivity index (χ2v) is 11.3. The van der Waals surface area contributed by atoms with Gasteiger partial charge in [0.2, 0.25) is 1.43 Å². The standard InChI is InChI=1S/C27H36N3O6P.CH4/c1-17(2)30(18(3)4)37(34-16-20-10-11-21-8-6-7-9-22(21)12-20)36-23-13-25(35-24(23)15-31)29-14-19(5)26(32)28-27(29)33;/h6-12,14,17-18,23-25,31H,13,15-16H2,1-5H3,(H,28,32,33);1H4/t23?,24-,25-,37?;/m1./s1/i31D;1T. The van der Waals surface area contributed by atoms with E-state index in [4.69, 9.17) is 16.6 Å². The van der Waals surface area contributed by atoms with Crippen LogP contribution >= 0.6 is 8.53 Å². The van der Waals surface area contributed by atoms with E-state index in [1.807, 2.05) is 12.1 Å². The lowest BCUT2D eigenvalue weighted by Gasteiger charge is -2.37. The molecule has 2 unspecified atom stereocenters. The van der Waals surface area contributed by atoms with Gasteiger partial charge in [0.1, 0.15) is 12.3 Å². The van der Waals surface area contributed by atoms with E-state index >= 15 is 0 Å². The Labute approximate surface area is 228 Å².